The molecule has 41 heavy (non-hydrogen) atoms. The third-order valence-corrected chi connectivity index (χ3v) is 6.60. The second kappa shape index (κ2) is 13.9. The molecule has 218 valence electrons. The van der Waals surface area contributed by atoms with Gasteiger partial charge in [-0.1, -0.05) is 88.4 Å². The molecule has 2 atom stereocenters. The van der Waals surface area contributed by atoms with Gasteiger partial charge in [-0.15, -0.1) is 0 Å². The number of ether oxygens (including phenoxy) is 1. The van der Waals surface area contributed by atoms with Crippen LogP contribution >= 0.6 is 0 Å². The van der Waals surface area contributed by atoms with Crippen molar-refractivity contribution in [2.75, 3.05) is 6.54 Å². The van der Waals surface area contributed by atoms with Crippen molar-refractivity contribution in [2.45, 2.75) is 66.2 Å². The van der Waals surface area contributed by atoms with Crippen molar-refractivity contribution < 1.29 is 28.7 Å². The number of Topliss-reactive ketones (excluding diaryl/α,β-unsaturated/α-hetero) is 1. The average molecular weight is 562 g/mol. The molecular weight excluding hydrogens is 522 g/mol. The molecule has 3 amide bonds. The number of ketones is 1. The summed E-state index contributed by atoms with van der Waals surface area (Å²) < 4.78 is 5.10. The van der Waals surface area contributed by atoms with Crippen molar-refractivity contribution in [3.05, 3.63) is 78.0 Å². The van der Waals surface area contributed by atoms with E-state index in [1.54, 1.807) is 82.4 Å². The molecule has 1 aliphatic rings. The van der Waals surface area contributed by atoms with Crippen LogP contribution in [-0.4, -0.2) is 64.0 Å². The number of benzene rings is 2. The van der Waals surface area contributed by atoms with E-state index in [1.165, 1.54) is 9.80 Å². The quantitative estimate of drug-likeness (QED) is 0.332. The summed E-state index contributed by atoms with van der Waals surface area (Å²) in [7, 11) is 0. The Morgan fingerprint density at radius 2 is 1.46 bits per heavy atom. The minimum Gasteiger partial charge on any atom is -0.457 e. The molecule has 0 unspecified atom stereocenters. The first kappa shape index (κ1) is 31.3. The van der Waals surface area contributed by atoms with Crippen molar-refractivity contribution in [1.29, 1.82) is 0 Å². The van der Waals surface area contributed by atoms with Crippen LogP contribution in [-0.2, 0) is 35.1 Å². The largest absolute Gasteiger partial charge is 0.457 e. The van der Waals surface area contributed by atoms with Gasteiger partial charge in [-0.05, 0) is 30.9 Å². The van der Waals surface area contributed by atoms with E-state index in [9.17, 15) is 24.0 Å². The minimum absolute atomic E-state index is 0.0687. The molecule has 0 fully saturated rings. The maximum atomic E-state index is 13.9. The molecule has 0 radical (unpaired) electrons. The molecule has 0 saturated heterocycles. The lowest BCUT2D eigenvalue weighted by molar-refractivity contribution is -0.157. The second-order valence-electron chi connectivity index (χ2n) is 11.0. The van der Waals surface area contributed by atoms with Crippen LogP contribution in [0.5, 0.6) is 0 Å². The fourth-order valence-electron chi connectivity index (χ4n) is 4.64. The van der Waals surface area contributed by atoms with E-state index < -0.39 is 48.3 Å². The van der Waals surface area contributed by atoms with Crippen LogP contribution < -0.4 is 5.32 Å². The zero-order valence-electron chi connectivity index (χ0n) is 24.5. The molecule has 1 N–H and O–H groups in total. The molecule has 3 rings (SSSR count). The highest BCUT2D eigenvalue weighted by Gasteiger charge is 2.42. The van der Waals surface area contributed by atoms with E-state index in [0.717, 1.165) is 5.56 Å². The molecule has 9 heteroatoms. The van der Waals surface area contributed by atoms with Crippen LogP contribution in [0.1, 0.15) is 52.7 Å². The van der Waals surface area contributed by atoms with Crippen LogP contribution in [0.25, 0.3) is 5.70 Å². The zero-order chi connectivity index (χ0) is 30.3. The first-order chi connectivity index (χ1) is 19.4. The Kier molecular flexibility index (Phi) is 10.6. The lowest BCUT2D eigenvalue weighted by Crippen LogP contribution is -2.57. The number of esters is 1. The van der Waals surface area contributed by atoms with Crippen LogP contribution in [0.15, 0.2) is 66.9 Å². The summed E-state index contributed by atoms with van der Waals surface area (Å²) in [6.07, 6.45) is 1.19. The summed E-state index contributed by atoms with van der Waals surface area (Å²) in [5.74, 6) is -3.73. The third-order valence-electron chi connectivity index (χ3n) is 6.60. The standard InChI is InChI=1S/C32H39N3O6/c1-20(2)28-31(39)34(26(24-15-11-8-12-16-24)18-35(28)30(38)21(3)4)19-27(36)33-25(17-23-13-9-7-10-14-23)29(37)32(40)41-22(5)6/h7-16,18,20-22,25,28H,17,19H2,1-6H3,(H,33,36)/t25-,28+/m0/s1. The molecule has 9 nitrogen and oxygen atoms in total. The van der Waals surface area contributed by atoms with Crippen LogP contribution in [0.3, 0.4) is 0 Å². The smallest absolute Gasteiger partial charge is 0.377 e. The van der Waals surface area contributed by atoms with Gasteiger partial charge in [-0.25, -0.2) is 4.79 Å². The van der Waals surface area contributed by atoms with E-state index in [4.69, 9.17) is 4.74 Å². The van der Waals surface area contributed by atoms with Gasteiger partial charge in [0.25, 0.3) is 11.7 Å². The van der Waals surface area contributed by atoms with E-state index in [0.29, 0.717) is 11.3 Å². The monoisotopic (exact) mass is 561 g/mol. The molecule has 0 aliphatic carbocycles. The number of nitrogens with one attached hydrogen (secondary N) is 1. The Hall–Kier alpha value is -4.27. The molecule has 2 aromatic rings. The molecule has 2 aromatic carbocycles. The molecule has 0 aromatic heterocycles. The fourth-order valence-corrected chi connectivity index (χ4v) is 4.64. The van der Waals surface area contributed by atoms with E-state index in [-0.39, 0.29) is 24.2 Å². The first-order valence-electron chi connectivity index (χ1n) is 13.9. The number of carbonyl (C=O) groups excluding carboxylic acids is 5. The van der Waals surface area contributed by atoms with Crippen LogP contribution in [0, 0.1) is 11.8 Å². The number of amides is 3. The van der Waals surface area contributed by atoms with Crippen molar-refractivity contribution in [3.63, 3.8) is 0 Å². The molecule has 0 bridgehead atoms. The van der Waals surface area contributed by atoms with Gasteiger partial charge < -0.3 is 15.0 Å². The second-order valence-corrected chi connectivity index (χ2v) is 11.0. The maximum Gasteiger partial charge on any atom is 0.377 e. The zero-order valence-corrected chi connectivity index (χ0v) is 24.5. The van der Waals surface area contributed by atoms with Crippen LogP contribution in [0.2, 0.25) is 0 Å². The van der Waals surface area contributed by atoms with Crippen molar-refractivity contribution in [1.82, 2.24) is 15.1 Å². The highest BCUT2D eigenvalue weighted by molar-refractivity contribution is 6.36. The molecule has 0 spiro atoms. The van der Waals surface area contributed by atoms with Crippen molar-refractivity contribution >= 4 is 35.2 Å². The highest BCUT2D eigenvalue weighted by atomic mass is 16.5. The molecule has 1 aliphatic heterocycles. The summed E-state index contributed by atoms with van der Waals surface area (Å²) in [6, 6.07) is 16.0. The first-order valence-corrected chi connectivity index (χ1v) is 13.9. The summed E-state index contributed by atoms with van der Waals surface area (Å²) >= 11 is 0. The van der Waals surface area contributed by atoms with Gasteiger partial charge >= 0.3 is 5.97 Å². The van der Waals surface area contributed by atoms with Gasteiger partial charge in [0.2, 0.25) is 11.8 Å². The van der Waals surface area contributed by atoms with Gasteiger partial charge in [0, 0.05) is 18.5 Å². The van der Waals surface area contributed by atoms with Gasteiger partial charge in [-0.2, -0.15) is 0 Å². The van der Waals surface area contributed by atoms with Gasteiger partial charge in [0.15, 0.2) is 0 Å². The number of hydrogen-bond acceptors (Lipinski definition) is 6. The van der Waals surface area contributed by atoms with Gasteiger partial charge in [0.1, 0.15) is 18.6 Å². The Morgan fingerprint density at radius 1 is 0.878 bits per heavy atom. The summed E-state index contributed by atoms with van der Waals surface area (Å²) in [5, 5.41) is 2.66. The minimum atomic E-state index is -1.19. The van der Waals surface area contributed by atoms with E-state index in [2.05, 4.69) is 5.32 Å². The van der Waals surface area contributed by atoms with Crippen molar-refractivity contribution in [2.24, 2.45) is 11.8 Å². The molecule has 1 heterocycles. The summed E-state index contributed by atoms with van der Waals surface area (Å²) in [4.78, 5) is 68.9. The van der Waals surface area contributed by atoms with Gasteiger partial charge in [-0.3, -0.25) is 24.1 Å². The summed E-state index contributed by atoms with van der Waals surface area (Å²) in [6.45, 7) is 10.1. The normalized spacial score (nSPS) is 16.1. The van der Waals surface area contributed by atoms with Crippen LogP contribution in [0.4, 0.5) is 0 Å². The van der Waals surface area contributed by atoms with Crippen molar-refractivity contribution in [3.8, 4) is 0 Å². The molecule has 0 saturated carbocycles. The highest BCUT2D eigenvalue weighted by Crippen LogP contribution is 2.30. The lowest BCUT2D eigenvalue weighted by atomic mass is 9.95. The van der Waals surface area contributed by atoms with E-state index in [1.807, 2.05) is 26.0 Å². The van der Waals surface area contributed by atoms with Gasteiger partial charge in [0.05, 0.1) is 11.8 Å². The Balaban J connectivity index is 1.96. The Labute approximate surface area is 241 Å². The number of carbonyl (C=O) groups is 5. The number of hydrogen-bond donors (Lipinski definition) is 1. The lowest BCUT2D eigenvalue weighted by Gasteiger charge is -2.41. The Bertz CT molecular complexity index is 1290. The SMILES string of the molecule is CC(C)OC(=O)C(=O)[C@H](Cc1ccccc1)NC(=O)CN1C(=O)[C@@H](C(C)C)N(C(=O)C(C)C)C=C1c1ccccc1. The van der Waals surface area contributed by atoms with E-state index >= 15 is 0 Å². The Morgan fingerprint density at radius 3 is 2.00 bits per heavy atom. The predicted octanol–water partition coefficient (Wildman–Crippen LogP) is 3.58. The molecular formula is C32H39N3O6. The number of nitrogens with zero attached hydrogens (tertiary/aromatic N) is 2. The summed E-state index contributed by atoms with van der Waals surface area (Å²) in [5.41, 5.74) is 1.78. The third kappa shape index (κ3) is 7.90. The average Bonchev–Trinajstić information content (AvgIpc) is 2.93. The predicted molar refractivity (Wildman–Crippen MR) is 155 cm³/mol. The fraction of sp³-hybridized carbons (Fsp3) is 0.406. The number of rotatable bonds is 11. The topological polar surface area (TPSA) is 113 Å². The maximum absolute atomic E-state index is 13.9.